The van der Waals surface area contributed by atoms with Gasteiger partial charge in [0.25, 0.3) is 0 Å². The third kappa shape index (κ3) is 2.79. The summed E-state index contributed by atoms with van der Waals surface area (Å²) in [6, 6.07) is 0. The Kier molecular flexibility index (Phi) is 4.11. The molecule has 0 bridgehead atoms. The molecule has 3 heterocycles. The van der Waals surface area contributed by atoms with Crippen LogP contribution in [0.1, 0.15) is 60.7 Å². The van der Waals surface area contributed by atoms with Gasteiger partial charge in [0.05, 0.1) is 5.39 Å². The standard InChI is InChI=1S/C20H26N4OS/c1-21-19(25)13-8-10-24(11-9-13)18-16-14-4-2-3-5-15(14)26-20(16)23-17(22-18)12-6-7-12/h12-13H,2-11H2,1H3,(H,21,25). The van der Waals surface area contributed by atoms with E-state index in [4.69, 9.17) is 9.97 Å². The van der Waals surface area contributed by atoms with Crippen molar-refractivity contribution in [2.24, 2.45) is 5.92 Å². The molecule has 2 aromatic heterocycles. The van der Waals surface area contributed by atoms with E-state index in [1.165, 1.54) is 59.2 Å². The second-order valence-corrected chi connectivity index (χ2v) is 9.03. The molecule has 26 heavy (non-hydrogen) atoms. The number of amides is 1. The van der Waals surface area contributed by atoms with E-state index in [1.54, 1.807) is 7.05 Å². The van der Waals surface area contributed by atoms with Crippen molar-refractivity contribution in [3.05, 3.63) is 16.3 Å². The van der Waals surface area contributed by atoms with E-state index in [-0.39, 0.29) is 11.8 Å². The monoisotopic (exact) mass is 370 g/mol. The van der Waals surface area contributed by atoms with Gasteiger partial charge in [-0.05, 0) is 56.9 Å². The molecule has 2 aliphatic carbocycles. The average molecular weight is 371 g/mol. The maximum atomic E-state index is 12.0. The van der Waals surface area contributed by atoms with Crippen LogP contribution in [0, 0.1) is 5.92 Å². The number of nitrogens with one attached hydrogen (secondary N) is 1. The highest BCUT2D eigenvalue weighted by molar-refractivity contribution is 7.19. The van der Waals surface area contributed by atoms with Gasteiger partial charge in [-0.15, -0.1) is 11.3 Å². The molecule has 0 spiro atoms. The molecule has 1 saturated carbocycles. The summed E-state index contributed by atoms with van der Waals surface area (Å²) < 4.78 is 0. The Balaban J connectivity index is 1.53. The number of fused-ring (bicyclic) bond motifs is 3. The normalized spacial score (nSPS) is 21.0. The lowest BCUT2D eigenvalue weighted by Gasteiger charge is -2.32. The number of aromatic nitrogens is 2. The summed E-state index contributed by atoms with van der Waals surface area (Å²) in [6.45, 7) is 1.83. The van der Waals surface area contributed by atoms with E-state index in [9.17, 15) is 4.79 Å². The van der Waals surface area contributed by atoms with Gasteiger partial charge >= 0.3 is 0 Å². The predicted octanol–water partition coefficient (Wildman–Crippen LogP) is 3.41. The van der Waals surface area contributed by atoms with Crippen LogP contribution >= 0.6 is 11.3 Å². The SMILES string of the molecule is CNC(=O)C1CCN(c2nc(C3CC3)nc3sc4c(c23)CCCC4)CC1. The molecule has 0 aromatic carbocycles. The fraction of sp³-hybridized carbons (Fsp3) is 0.650. The number of anilines is 1. The van der Waals surface area contributed by atoms with Gasteiger partial charge in [0, 0.05) is 36.9 Å². The molecule has 0 atom stereocenters. The van der Waals surface area contributed by atoms with Crippen molar-refractivity contribution in [1.29, 1.82) is 0 Å². The molecule has 2 fully saturated rings. The van der Waals surface area contributed by atoms with E-state index >= 15 is 0 Å². The number of hydrogen-bond donors (Lipinski definition) is 1. The molecule has 1 saturated heterocycles. The van der Waals surface area contributed by atoms with Crippen LogP contribution in [-0.4, -0.2) is 36.0 Å². The van der Waals surface area contributed by atoms with E-state index in [1.807, 2.05) is 11.3 Å². The quantitative estimate of drug-likeness (QED) is 0.899. The summed E-state index contributed by atoms with van der Waals surface area (Å²) in [5.41, 5.74) is 1.52. The molecular weight excluding hydrogens is 344 g/mol. The minimum atomic E-state index is 0.146. The number of carbonyl (C=O) groups is 1. The molecule has 5 nitrogen and oxygen atoms in total. The van der Waals surface area contributed by atoms with Gasteiger partial charge in [0.1, 0.15) is 16.5 Å². The molecule has 1 aliphatic heterocycles. The van der Waals surface area contributed by atoms with Crippen molar-refractivity contribution in [3.63, 3.8) is 0 Å². The van der Waals surface area contributed by atoms with Gasteiger partial charge in [-0.3, -0.25) is 4.79 Å². The van der Waals surface area contributed by atoms with Gasteiger partial charge in [-0.25, -0.2) is 9.97 Å². The van der Waals surface area contributed by atoms with Crippen molar-refractivity contribution in [2.75, 3.05) is 25.0 Å². The van der Waals surface area contributed by atoms with Crippen LogP contribution in [0.2, 0.25) is 0 Å². The number of piperidine rings is 1. The average Bonchev–Trinajstić information content (AvgIpc) is 3.47. The summed E-state index contributed by atoms with van der Waals surface area (Å²) in [5.74, 6) is 3.11. The molecule has 0 radical (unpaired) electrons. The molecule has 5 rings (SSSR count). The lowest BCUT2D eigenvalue weighted by atomic mass is 9.94. The minimum Gasteiger partial charge on any atom is -0.359 e. The van der Waals surface area contributed by atoms with E-state index in [0.29, 0.717) is 5.92 Å². The second kappa shape index (κ2) is 6.48. The van der Waals surface area contributed by atoms with Crippen LogP contribution in [0.5, 0.6) is 0 Å². The second-order valence-electron chi connectivity index (χ2n) is 7.95. The minimum absolute atomic E-state index is 0.146. The van der Waals surface area contributed by atoms with Crippen molar-refractivity contribution in [2.45, 2.75) is 57.3 Å². The molecule has 1 amide bonds. The first kappa shape index (κ1) is 16.5. The zero-order valence-corrected chi connectivity index (χ0v) is 16.2. The smallest absolute Gasteiger partial charge is 0.222 e. The topological polar surface area (TPSA) is 58.1 Å². The Morgan fingerprint density at radius 1 is 1.12 bits per heavy atom. The Labute approximate surface area is 158 Å². The van der Waals surface area contributed by atoms with E-state index in [0.717, 1.165) is 37.6 Å². The molecular formula is C20H26N4OS. The maximum Gasteiger partial charge on any atom is 0.222 e. The number of carbonyl (C=O) groups excluding carboxylic acids is 1. The van der Waals surface area contributed by atoms with Crippen molar-refractivity contribution in [3.8, 4) is 0 Å². The third-order valence-electron chi connectivity index (χ3n) is 6.17. The predicted molar refractivity (Wildman–Crippen MR) is 105 cm³/mol. The molecule has 3 aliphatic rings. The van der Waals surface area contributed by atoms with E-state index < -0.39 is 0 Å². The zero-order chi connectivity index (χ0) is 17.7. The van der Waals surface area contributed by atoms with Gasteiger partial charge < -0.3 is 10.2 Å². The number of aryl methyl sites for hydroxylation is 2. The third-order valence-corrected chi connectivity index (χ3v) is 7.35. The number of rotatable bonds is 3. The van der Waals surface area contributed by atoms with Crippen molar-refractivity contribution in [1.82, 2.24) is 15.3 Å². The molecule has 138 valence electrons. The van der Waals surface area contributed by atoms with E-state index in [2.05, 4.69) is 10.2 Å². The first-order chi connectivity index (χ1) is 12.7. The Morgan fingerprint density at radius 3 is 2.62 bits per heavy atom. The van der Waals surface area contributed by atoms with Crippen molar-refractivity contribution >= 4 is 33.3 Å². The molecule has 1 N–H and O–H groups in total. The Bertz CT molecular complexity index is 849. The first-order valence-electron chi connectivity index (χ1n) is 10.0. The lowest BCUT2D eigenvalue weighted by molar-refractivity contribution is -0.125. The highest BCUT2D eigenvalue weighted by atomic mass is 32.1. The van der Waals surface area contributed by atoms with Crippen LogP contribution < -0.4 is 10.2 Å². The van der Waals surface area contributed by atoms with Gasteiger partial charge in [-0.2, -0.15) is 0 Å². The summed E-state index contributed by atoms with van der Waals surface area (Å²) in [4.78, 5) is 27.2. The van der Waals surface area contributed by atoms with Crippen LogP contribution in [0.25, 0.3) is 10.2 Å². The number of nitrogens with zero attached hydrogens (tertiary/aromatic N) is 3. The summed E-state index contributed by atoms with van der Waals surface area (Å²) in [5, 5.41) is 4.13. The molecule has 6 heteroatoms. The highest BCUT2D eigenvalue weighted by Crippen LogP contribution is 2.44. The van der Waals surface area contributed by atoms with Gasteiger partial charge in [0.2, 0.25) is 5.91 Å². The highest BCUT2D eigenvalue weighted by Gasteiger charge is 2.32. The van der Waals surface area contributed by atoms with Crippen molar-refractivity contribution < 1.29 is 4.79 Å². The van der Waals surface area contributed by atoms with Crippen LogP contribution in [0.3, 0.4) is 0 Å². The molecule has 2 aromatic rings. The largest absolute Gasteiger partial charge is 0.359 e. The lowest BCUT2D eigenvalue weighted by Crippen LogP contribution is -2.40. The number of hydrogen-bond acceptors (Lipinski definition) is 5. The summed E-state index contributed by atoms with van der Waals surface area (Å²) in [6.07, 6.45) is 9.24. The van der Waals surface area contributed by atoms with Gasteiger partial charge in [-0.1, -0.05) is 0 Å². The number of thiophene rings is 1. The zero-order valence-electron chi connectivity index (χ0n) is 15.4. The molecule has 0 unspecified atom stereocenters. The Hall–Kier alpha value is -1.69. The van der Waals surface area contributed by atoms with Crippen LogP contribution in [0.15, 0.2) is 0 Å². The first-order valence-corrected chi connectivity index (χ1v) is 10.8. The summed E-state index contributed by atoms with van der Waals surface area (Å²) in [7, 11) is 1.74. The fourth-order valence-corrected chi connectivity index (χ4v) is 5.73. The van der Waals surface area contributed by atoms with Crippen LogP contribution in [-0.2, 0) is 17.6 Å². The van der Waals surface area contributed by atoms with Gasteiger partial charge in [0.15, 0.2) is 0 Å². The Morgan fingerprint density at radius 2 is 1.88 bits per heavy atom. The maximum absolute atomic E-state index is 12.0. The fourth-order valence-electron chi connectivity index (χ4n) is 4.46. The van der Waals surface area contributed by atoms with Crippen LogP contribution in [0.4, 0.5) is 5.82 Å². The summed E-state index contributed by atoms with van der Waals surface area (Å²) >= 11 is 1.90.